The fraction of sp³-hybridized carbons (Fsp3) is 0.511. The van der Waals surface area contributed by atoms with Gasteiger partial charge in [-0.2, -0.15) is 13.8 Å². The fourth-order valence-corrected chi connectivity index (χ4v) is 10.1. The van der Waals surface area contributed by atoms with Crippen LogP contribution in [-0.4, -0.2) is 120 Å². The topological polar surface area (TPSA) is 196 Å². The molecule has 0 radical (unpaired) electrons. The standard InChI is InChI=1S/C45H50F3N9O8/c1-54-34-22-49-44(53-38(34)56(25-6-3-4-7-25)23-45(47,48)43(54)63)51-31-21-30(46)29(20-35(31)64-2)39(59)50-24-10-12-26(13-11-24)65-27-16-18-55(19-17-27)32-9-5-8-28-37(32)42(62)57(41(28)61)33-14-15-36(58)52-40(33)60/h5,8-9,20-22,24-27,33H,3-4,6-7,10-19,23H2,1-2H3,(H,50,59)(H,49,51,53)(H,52,58,60). The van der Waals surface area contributed by atoms with Crippen LogP contribution in [0.15, 0.2) is 36.5 Å². The predicted molar refractivity (Wildman–Crippen MR) is 229 cm³/mol. The van der Waals surface area contributed by atoms with Gasteiger partial charge in [-0.3, -0.25) is 39.0 Å². The molecule has 1 atom stereocenters. The number of aromatic nitrogens is 2. The molecule has 1 unspecified atom stereocenters. The number of carbonyl (C=O) groups excluding carboxylic acids is 6. The minimum absolute atomic E-state index is 0.0362. The van der Waals surface area contributed by atoms with Crippen molar-refractivity contribution in [2.24, 2.45) is 0 Å². The van der Waals surface area contributed by atoms with E-state index < -0.39 is 59.8 Å². The number of hydrogen-bond acceptors (Lipinski definition) is 13. The summed E-state index contributed by atoms with van der Waals surface area (Å²) in [4.78, 5) is 91.5. The Labute approximate surface area is 372 Å². The number of alkyl halides is 2. The van der Waals surface area contributed by atoms with Crippen LogP contribution in [0.25, 0.3) is 0 Å². The van der Waals surface area contributed by atoms with E-state index in [4.69, 9.17) is 9.47 Å². The number of imide groups is 2. The van der Waals surface area contributed by atoms with Gasteiger partial charge in [-0.15, -0.1) is 0 Å². The van der Waals surface area contributed by atoms with Gasteiger partial charge in [0.25, 0.3) is 23.6 Å². The van der Waals surface area contributed by atoms with E-state index in [2.05, 4.69) is 30.8 Å². The van der Waals surface area contributed by atoms with Gasteiger partial charge in [0.2, 0.25) is 17.8 Å². The van der Waals surface area contributed by atoms with Gasteiger partial charge in [-0.05, 0) is 76.0 Å². The number of carbonyl (C=O) groups is 6. The minimum atomic E-state index is -3.64. The molecule has 344 valence electrons. The van der Waals surface area contributed by atoms with Crippen LogP contribution in [0.5, 0.6) is 5.75 Å². The first-order chi connectivity index (χ1) is 31.2. The number of piperidine rings is 2. The zero-order chi connectivity index (χ0) is 45.7. The summed E-state index contributed by atoms with van der Waals surface area (Å²) in [6.07, 6.45) is 8.36. The highest BCUT2D eigenvalue weighted by Crippen LogP contribution is 2.41. The molecular weight excluding hydrogens is 852 g/mol. The van der Waals surface area contributed by atoms with E-state index in [1.807, 2.05) is 0 Å². The van der Waals surface area contributed by atoms with Crippen LogP contribution in [0, 0.1) is 5.82 Å². The van der Waals surface area contributed by atoms with E-state index in [9.17, 15) is 28.8 Å². The summed E-state index contributed by atoms with van der Waals surface area (Å²) < 4.78 is 57.9. The second-order valence-corrected chi connectivity index (χ2v) is 17.6. The van der Waals surface area contributed by atoms with Crippen molar-refractivity contribution in [3.63, 3.8) is 0 Å². The number of amides is 6. The van der Waals surface area contributed by atoms with Crippen molar-refractivity contribution in [3.8, 4) is 5.75 Å². The van der Waals surface area contributed by atoms with E-state index in [0.29, 0.717) is 70.1 Å². The van der Waals surface area contributed by atoms with E-state index >= 15 is 13.2 Å². The van der Waals surface area contributed by atoms with Crippen molar-refractivity contribution < 1.29 is 51.4 Å². The summed E-state index contributed by atoms with van der Waals surface area (Å²) in [5, 5.41) is 8.10. The molecule has 20 heteroatoms. The lowest BCUT2D eigenvalue weighted by Crippen LogP contribution is -2.54. The molecule has 5 heterocycles. The van der Waals surface area contributed by atoms with Crippen LogP contribution in [0.4, 0.5) is 42.0 Å². The largest absolute Gasteiger partial charge is 0.495 e. The Morgan fingerprint density at radius 2 is 1.63 bits per heavy atom. The van der Waals surface area contributed by atoms with Crippen LogP contribution < -0.4 is 35.4 Å². The first-order valence-corrected chi connectivity index (χ1v) is 22.2. The summed E-state index contributed by atoms with van der Waals surface area (Å²) in [5.74, 6) is -8.36. The van der Waals surface area contributed by atoms with Gasteiger partial charge in [0.1, 0.15) is 23.3 Å². The number of halogens is 3. The quantitative estimate of drug-likeness (QED) is 0.234. The monoisotopic (exact) mass is 901 g/mol. The third-order valence-corrected chi connectivity index (χ3v) is 13.5. The lowest BCUT2D eigenvalue weighted by molar-refractivity contribution is -0.140. The van der Waals surface area contributed by atoms with Crippen LogP contribution in [0.1, 0.15) is 108 Å². The smallest absolute Gasteiger partial charge is 0.342 e. The Hall–Kier alpha value is -6.31. The van der Waals surface area contributed by atoms with E-state index in [-0.39, 0.29) is 82.7 Å². The summed E-state index contributed by atoms with van der Waals surface area (Å²) >= 11 is 0. The molecule has 2 saturated heterocycles. The molecule has 2 saturated carbocycles. The number of hydrogen-bond donors (Lipinski definition) is 3. The minimum Gasteiger partial charge on any atom is -0.495 e. The molecule has 6 aliphatic rings. The molecule has 0 bridgehead atoms. The average molecular weight is 902 g/mol. The van der Waals surface area contributed by atoms with Gasteiger partial charge in [0.15, 0.2) is 5.82 Å². The molecule has 0 spiro atoms. The van der Waals surface area contributed by atoms with Gasteiger partial charge in [0.05, 0.1) is 60.1 Å². The molecule has 1 aromatic heterocycles. The van der Waals surface area contributed by atoms with Crippen molar-refractivity contribution in [2.45, 2.75) is 113 Å². The highest BCUT2D eigenvalue weighted by atomic mass is 19.3. The maximum atomic E-state index is 15.7. The lowest BCUT2D eigenvalue weighted by atomic mass is 9.92. The molecule has 3 aromatic rings. The number of benzene rings is 2. The second kappa shape index (κ2) is 17.6. The number of methoxy groups -OCH3 is 1. The number of fused-ring (bicyclic) bond motifs is 2. The van der Waals surface area contributed by atoms with E-state index in [1.165, 1.54) is 31.3 Å². The van der Waals surface area contributed by atoms with Gasteiger partial charge in [-0.25, -0.2) is 9.37 Å². The third-order valence-electron chi connectivity index (χ3n) is 13.5. The zero-order valence-corrected chi connectivity index (χ0v) is 36.0. The van der Waals surface area contributed by atoms with Crippen LogP contribution in [0.3, 0.4) is 0 Å². The fourth-order valence-electron chi connectivity index (χ4n) is 10.1. The van der Waals surface area contributed by atoms with Crippen molar-refractivity contribution in [3.05, 3.63) is 59.0 Å². The molecule has 9 rings (SSSR count). The number of anilines is 5. The number of rotatable bonds is 10. The molecule has 4 aliphatic heterocycles. The molecule has 6 amide bonds. The van der Waals surface area contributed by atoms with Gasteiger partial charge in [0, 0.05) is 44.7 Å². The Morgan fingerprint density at radius 3 is 2.34 bits per heavy atom. The Morgan fingerprint density at radius 1 is 0.908 bits per heavy atom. The highest BCUT2D eigenvalue weighted by molar-refractivity contribution is 6.25. The predicted octanol–water partition coefficient (Wildman–Crippen LogP) is 4.86. The first-order valence-electron chi connectivity index (χ1n) is 22.2. The van der Waals surface area contributed by atoms with Crippen molar-refractivity contribution in [1.29, 1.82) is 0 Å². The highest BCUT2D eigenvalue weighted by Gasteiger charge is 2.49. The van der Waals surface area contributed by atoms with Crippen LogP contribution in [0.2, 0.25) is 0 Å². The van der Waals surface area contributed by atoms with Crippen molar-refractivity contribution >= 4 is 64.3 Å². The SMILES string of the molecule is COc1cc(C(=O)NC2CCC(OC3CCN(c4cccc5c4C(=O)N(C4CCC(=O)NC4=O)C5=O)CC3)CC2)c(F)cc1Nc1ncc2c(n1)N(C1CCCC1)CC(F)(F)C(=O)N2C. The lowest BCUT2D eigenvalue weighted by Gasteiger charge is -2.37. The normalized spacial score (nSPS) is 23.9. The van der Waals surface area contributed by atoms with E-state index in [1.54, 1.807) is 18.2 Å². The summed E-state index contributed by atoms with van der Waals surface area (Å²) in [6, 6.07) is 5.98. The average Bonchev–Trinajstić information content (AvgIpc) is 3.91. The molecule has 2 aromatic carbocycles. The van der Waals surface area contributed by atoms with Crippen LogP contribution >= 0.6 is 0 Å². The molecule has 3 N–H and O–H groups in total. The summed E-state index contributed by atoms with van der Waals surface area (Å²) in [7, 11) is 2.62. The second-order valence-electron chi connectivity index (χ2n) is 17.6. The van der Waals surface area contributed by atoms with E-state index in [0.717, 1.165) is 28.7 Å². The van der Waals surface area contributed by atoms with Crippen molar-refractivity contribution in [1.82, 2.24) is 25.5 Å². The molecule has 17 nitrogen and oxygen atoms in total. The Bertz CT molecular complexity index is 2430. The maximum absolute atomic E-state index is 15.7. The number of nitrogens with zero attached hydrogens (tertiary/aromatic N) is 6. The Balaban J connectivity index is 0.784. The van der Waals surface area contributed by atoms with Gasteiger partial charge >= 0.3 is 5.92 Å². The number of ether oxygens (including phenoxy) is 2. The van der Waals surface area contributed by atoms with Gasteiger partial charge in [-0.1, -0.05) is 18.9 Å². The number of nitrogens with one attached hydrogen (secondary N) is 3. The summed E-state index contributed by atoms with van der Waals surface area (Å²) in [5.41, 5.74) is 1.14. The molecule has 4 fully saturated rings. The molecule has 2 aliphatic carbocycles. The summed E-state index contributed by atoms with van der Waals surface area (Å²) in [6.45, 7) is 0.331. The van der Waals surface area contributed by atoms with Crippen molar-refractivity contribution in [2.75, 3.05) is 53.8 Å². The molecular formula is C45H50F3N9O8. The first kappa shape index (κ1) is 43.9. The third kappa shape index (κ3) is 8.43. The molecule has 65 heavy (non-hydrogen) atoms. The Kier molecular flexibility index (Phi) is 11.9. The zero-order valence-electron chi connectivity index (χ0n) is 36.0. The van der Waals surface area contributed by atoms with Crippen LogP contribution in [-0.2, 0) is 19.1 Å². The maximum Gasteiger partial charge on any atom is 0.342 e. The van der Waals surface area contributed by atoms with Gasteiger partial charge < -0.3 is 34.8 Å².